The second-order valence-electron chi connectivity index (χ2n) is 8.67. The summed E-state index contributed by atoms with van der Waals surface area (Å²) in [5, 5.41) is 3.22. The first-order chi connectivity index (χ1) is 15.7. The Morgan fingerprint density at radius 1 is 0.788 bits per heavy atom. The van der Waals surface area contributed by atoms with E-state index in [1.165, 1.54) is 4.90 Å². The quantitative estimate of drug-likeness (QED) is 0.493. The summed E-state index contributed by atoms with van der Waals surface area (Å²) >= 11 is 0. The predicted octanol–water partition coefficient (Wildman–Crippen LogP) is 5.80. The van der Waals surface area contributed by atoms with Crippen LogP contribution in [0.1, 0.15) is 36.1 Å². The van der Waals surface area contributed by atoms with Gasteiger partial charge in [0, 0.05) is 5.69 Å². The van der Waals surface area contributed by atoms with Crippen LogP contribution in [0.3, 0.4) is 0 Å². The first-order valence-electron chi connectivity index (χ1n) is 11.1. The number of rotatable bonds is 6. The number of imide groups is 1. The highest BCUT2D eigenvalue weighted by Crippen LogP contribution is 2.35. The van der Waals surface area contributed by atoms with Gasteiger partial charge in [0.1, 0.15) is 11.4 Å². The van der Waals surface area contributed by atoms with Crippen molar-refractivity contribution < 1.29 is 14.3 Å². The molecule has 168 valence electrons. The fourth-order valence-electron chi connectivity index (χ4n) is 3.95. The summed E-state index contributed by atoms with van der Waals surface area (Å²) in [4.78, 5) is 28.4. The number of carbonyl (C=O) groups excluding carboxylic acids is 2. The molecular weight excluding hydrogens is 412 g/mol. The molecule has 1 aliphatic rings. The van der Waals surface area contributed by atoms with Gasteiger partial charge in [-0.1, -0.05) is 41.5 Å². The van der Waals surface area contributed by atoms with Crippen LogP contribution in [0.25, 0.3) is 5.57 Å². The number of hydrogen-bond donors (Lipinski definition) is 1. The minimum Gasteiger partial charge on any atom is -0.491 e. The lowest BCUT2D eigenvalue weighted by molar-refractivity contribution is -0.120. The molecule has 0 spiro atoms. The number of hydrogen-bond acceptors (Lipinski definition) is 4. The molecule has 1 aliphatic heterocycles. The minimum absolute atomic E-state index is 0.0692. The summed E-state index contributed by atoms with van der Waals surface area (Å²) < 4.78 is 5.71. The standard InChI is InChI=1S/C28H28N2O3/c1-17(2)33-23-13-9-21(10-14-23)29-26-25(24-15-8-19(4)16-20(24)5)27(31)30(28(26)32)22-11-6-18(3)7-12-22/h6-17,29H,1-5H3. The molecule has 0 saturated heterocycles. The lowest BCUT2D eigenvalue weighted by Crippen LogP contribution is -2.32. The smallest absolute Gasteiger partial charge is 0.282 e. The van der Waals surface area contributed by atoms with E-state index < -0.39 is 0 Å². The highest BCUT2D eigenvalue weighted by molar-refractivity contribution is 6.46. The van der Waals surface area contributed by atoms with Crippen LogP contribution < -0.4 is 15.0 Å². The van der Waals surface area contributed by atoms with E-state index in [2.05, 4.69) is 5.32 Å². The predicted molar refractivity (Wildman–Crippen MR) is 132 cm³/mol. The molecule has 1 heterocycles. The molecule has 0 fully saturated rings. The van der Waals surface area contributed by atoms with Crippen molar-refractivity contribution in [1.82, 2.24) is 0 Å². The molecule has 5 nitrogen and oxygen atoms in total. The van der Waals surface area contributed by atoms with Gasteiger partial charge in [-0.15, -0.1) is 0 Å². The third-order valence-corrected chi connectivity index (χ3v) is 5.52. The van der Waals surface area contributed by atoms with Crippen LogP contribution in [0, 0.1) is 20.8 Å². The molecule has 0 aromatic heterocycles. The summed E-state index contributed by atoms with van der Waals surface area (Å²) in [6.07, 6.45) is 0.0692. The molecule has 0 aliphatic carbocycles. The molecule has 1 N–H and O–H groups in total. The average Bonchev–Trinajstić information content (AvgIpc) is 3.00. The van der Waals surface area contributed by atoms with E-state index in [-0.39, 0.29) is 23.6 Å². The van der Waals surface area contributed by atoms with Crippen molar-refractivity contribution in [3.63, 3.8) is 0 Å². The van der Waals surface area contributed by atoms with Crippen LogP contribution >= 0.6 is 0 Å². The van der Waals surface area contributed by atoms with Crippen LogP contribution in [0.5, 0.6) is 5.75 Å². The first-order valence-corrected chi connectivity index (χ1v) is 11.1. The van der Waals surface area contributed by atoms with Gasteiger partial charge in [0.2, 0.25) is 0 Å². The van der Waals surface area contributed by atoms with Crippen LogP contribution in [-0.4, -0.2) is 17.9 Å². The van der Waals surface area contributed by atoms with Crippen LogP contribution in [0.2, 0.25) is 0 Å². The molecule has 0 unspecified atom stereocenters. The van der Waals surface area contributed by atoms with Gasteiger partial charge in [-0.2, -0.15) is 0 Å². The third kappa shape index (κ3) is 4.53. The number of carbonyl (C=O) groups is 2. The Morgan fingerprint density at radius 2 is 1.42 bits per heavy atom. The van der Waals surface area contributed by atoms with E-state index in [1.807, 2.05) is 89.2 Å². The molecular formula is C28H28N2O3. The monoisotopic (exact) mass is 440 g/mol. The van der Waals surface area contributed by atoms with E-state index in [0.29, 0.717) is 16.9 Å². The molecule has 2 amide bonds. The second kappa shape index (κ2) is 8.94. The Kier molecular flexibility index (Phi) is 6.05. The average molecular weight is 441 g/mol. The van der Waals surface area contributed by atoms with Crippen LogP contribution in [-0.2, 0) is 9.59 Å². The fourth-order valence-corrected chi connectivity index (χ4v) is 3.95. The highest BCUT2D eigenvalue weighted by Gasteiger charge is 2.40. The molecule has 3 aromatic rings. The zero-order valence-electron chi connectivity index (χ0n) is 19.6. The van der Waals surface area contributed by atoms with Crippen molar-refractivity contribution >= 4 is 28.8 Å². The van der Waals surface area contributed by atoms with Crippen LogP contribution in [0.4, 0.5) is 11.4 Å². The SMILES string of the molecule is Cc1ccc(N2C(=O)C(Nc3ccc(OC(C)C)cc3)=C(c3ccc(C)cc3C)C2=O)cc1. The zero-order chi connectivity index (χ0) is 23.7. The molecule has 0 atom stereocenters. The molecule has 0 bridgehead atoms. The summed E-state index contributed by atoms with van der Waals surface area (Å²) in [6, 6.07) is 20.6. The van der Waals surface area contributed by atoms with Crippen molar-refractivity contribution in [2.75, 3.05) is 10.2 Å². The Morgan fingerprint density at radius 3 is 2.03 bits per heavy atom. The number of nitrogens with zero attached hydrogens (tertiary/aromatic N) is 1. The van der Waals surface area contributed by atoms with Crippen LogP contribution in [0.15, 0.2) is 72.4 Å². The van der Waals surface area contributed by atoms with E-state index in [4.69, 9.17) is 4.74 Å². The normalized spacial score (nSPS) is 13.8. The van der Waals surface area contributed by atoms with Gasteiger partial charge in [0.25, 0.3) is 11.8 Å². The van der Waals surface area contributed by atoms with E-state index >= 15 is 0 Å². The largest absolute Gasteiger partial charge is 0.491 e. The second-order valence-corrected chi connectivity index (χ2v) is 8.67. The lowest BCUT2D eigenvalue weighted by atomic mass is 9.97. The molecule has 33 heavy (non-hydrogen) atoms. The first kappa shape index (κ1) is 22.3. The molecule has 0 radical (unpaired) electrons. The minimum atomic E-state index is -0.374. The zero-order valence-corrected chi connectivity index (χ0v) is 19.6. The van der Waals surface area contributed by atoms with E-state index in [0.717, 1.165) is 28.0 Å². The topological polar surface area (TPSA) is 58.6 Å². The van der Waals surface area contributed by atoms with Crippen molar-refractivity contribution in [2.24, 2.45) is 0 Å². The number of aryl methyl sites for hydroxylation is 3. The summed E-state index contributed by atoms with van der Waals surface area (Å²) in [7, 11) is 0. The Labute approximate surface area is 194 Å². The Balaban J connectivity index is 1.77. The van der Waals surface area contributed by atoms with Gasteiger partial charge in [-0.3, -0.25) is 9.59 Å². The number of anilines is 2. The van der Waals surface area contributed by atoms with Crippen molar-refractivity contribution in [1.29, 1.82) is 0 Å². The number of amides is 2. The van der Waals surface area contributed by atoms with Gasteiger partial charge >= 0.3 is 0 Å². The maximum atomic E-state index is 13.6. The molecule has 0 saturated carbocycles. The third-order valence-electron chi connectivity index (χ3n) is 5.52. The van der Waals surface area contributed by atoms with Crippen molar-refractivity contribution in [2.45, 2.75) is 40.7 Å². The van der Waals surface area contributed by atoms with Crippen molar-refractivity contribution in [3.05, 3.63) is 94.7 Å². The van der Waals surface area contributed by atoms with Gasteiger partial charge in [0.05, 0.1) is 17.4 Å². The molecule has 5 heteroatoms. The Hall–Kier alpha value is -3.86. The van der Waals surface area contributed by atoms with Gasteiger partial charge < -0.3 is 10.1 Å². The molecule has 3 aromatic carbocycles. The maximum absolute atomic E-state index is 13.6. The summed E-state index contributed by atoms with van der Waals surface area (Å²) in [6.45, 7) is 9.87. The van der Waals surface area contributed by atoms with E-state index in [9.17, 15) is 9.59 Å². The lowest BCUT2D eigenvalue weighted by Gasteiger charge is -2.16. The summed E-state index contributed by atoms with van der Waals surface area (Å²) in [5.74, 6) is 0.0358. The fraction of sp³-hybridized carbons (Fsp3) is 0.214. The summed E-state index contributed by atoms with van der Waals surface area (Å²) in [5.41, 5.74) is 5.74. The van der Waals surface area contributed by atoms with E-state index in [1.54, 1.807) is 12.1 Å². The van der Waals surface area contributed by atoms with Gasteiger partial charge in [0.15, 0.2) is 0 Å². The molecule has 4 rings (SSSR count). The van der Waals surface area contributed by atoms with Gasteiger partial charge in [-0.25, -0.2) is 4.90 Å². The highest BCUT2D eigenvalue weighted by atomic mass is 16.5. The van der Waals surface area contributed by atoms with Gasteiger partial charge in [-0.05, 0) is 82.1 Å². The number of nitrogens with one attached hydrogen (secondary N) is 1. The maximum Gasteiger partial charge on any atom is 0.282 e. The Bertz CT molecular complexity index is 1240. The van der Waals surface area contributed by atoms with Crippen molar-refractivity contribution in [3.8, 4) is 5.75 Å². The number of benzene rings is 3. The number of ether oxygens (including phenoxy) is 1.